The Kier molecular flexibility index (Phi) is 3.59. The van der Waals surface area contributed by atoms with Crippen LogP contribution in [0.1, 0.15) is 29.8 Å². The first-order valence-electron chi connectivity index (χ1n) is 5.06. The zero-order valence-electron chi connectivity index (χ0n) is 8.28. The second-order valence-corrected chi connectivity index (χ2v) is 4.83. The van der Waals surface area contributed by atoms with Gasteiger partial charge in [-0.15, -0.1) is 22.9 Å². The molecule has 0 radical (unpaired) electrons. The molecule has 3 nitrogen and oxygen atoms in total. The van der Waals surface area contributed by atoms with Crippen molar-refractivity contribution >= 4 is 28.8 Å². The van der Waals surface area contributed by atoms with E-state index in [4.69, 9.17) is 11.6 Å². The lowest BCUT2D eigenvalue weighted by molar-refractivity contribution is 0.0925. The first kappa shape index (κ1) is 10.9. The van der Waals surface area contributed by atoms with Gasteiger partial charge in [0.1, 0.15) is 5.69 Å². The number of nitrogens with zero attached hydrogens (tertiary/aromatic N) is 1. The van der Waals surface area contributed by atoms with Crippen LogP contribution in [-0.4, -0.2) is 22.8 Å². The molecule has 1 N–H and O–H groups in total. The average molecular weight is 245 g/mol. The zero-order valence-corrected chi connectivity index (χ0v) is 9.85. The van der Waals surface area contributed by atoms with Crippen LogP contribution in [0.4, 0.5) is 0 Å². The summed E-state index contributed by atoms with van der Waals surface area (Å²) in [5.41, 5.74) is 2.18. The van der Waals surface area contributed by atoms with Gasteiger partial charge in [-0.2, -0.15) is 0 Å². The molecule has 1 heterocycles. The van der Waals surface area contributed by atoms with Crippen molar-refractivity contribution in [1.82, 2.24) is 10.3 Å². The van der Waals surface area contributed by atoms with Gasteiger partial charge in [-0.3, -0.25) is 4.79 Å². The second-order valence-electron chi connectivity index (χ2n) is 3.80. The monoisotopic (exact) mass is 244 g/mol. The van der Waals surface area contributed by atoms with Gasteiger partial charge in [0, 0.05) is 17.3 Å². The van der Waals surface area contributed by atoms with Crippen LogP contribution in [-0.2, 0) is 0 Å². The van der Waals surface area contributed by atoms with Gasteiger partial charge >= 0.3 is 0 Å². The summed E-state index contributed by atoms with van der Waals surface area (Å²) in [6, 6.07) is 0.233. The zero-order chi connectivity index (χ0) is 10.7. The van der Waals surface area contributed by atoms with Crippen LogP contribution in [0.5, 0.6) is 0 Å². The van der Waals surface area contributed by atoms with Gasteiger partial charge in [0.2, 0.25) is 0 Å². The fourth-order valence-corrected chi connectivity index (χ4v) is 2.88. The van der Waals surface area contributed by atoms with E-state index in [0.29, 0.717) is 17.5 Å². The third kappa shape index (κ3) is 2.49. The lowest BCUT2D eigenvalue weighted by Crippen LogP contribution is -2.38. The molecule has 1 amide bonds. The summed E-state index contributed by atoms with van der Waals surface area (Å²) in [6.45, 7) is 0. The highest BCUT2D eigenvalue weighted by molar-refractivity contribution is 7.07. The average Bonchev–Trinajstić information content (AvgIpc) is 2.87. The van der Waals surface area contributed by atoms with Crippen molar-refractivity contribution in [3.63, 3.8) is 0 Å². The van der Waals surface area contributed by atoms with Gasteiger partial charge in [0.25, 0.3) is 5.91 Å². The van der Waals surface area contributed by atoms with Gasteiger partial charge < -0.3 is 5.32 Å². The highest BCUT2D eigenvalue weighted by atomic mass is 35.5. The van der Waals surface area contributed by atoms with Gasteiger partial charge in [0.05, 0.1) is 5.51 Å². The van der Waals surface area contributed by atoms with E-state index in [1.54, 1.807) is 10.9 Å². The summed E-state index contributed by atoms with van der Waals surface area (Å²) in [5, 5.41) is 4.77. The largest absolute Gasteiger partial charge is 0.348 e. The molecule has 1 aliphatic carbocycles. The Morgan fingerprint density at radius 1 is 1.67 bits per heavy atom. The van der Waals surface area contributed by atoms with Crippen LogP contribution in [0.25, 0.3) is 0 Å². The Morgan fingerprint density at radius 3 is 3.20 bits per heavy atom. The first-order valence-corrected chi connectivity index (χ1v) is 6.54. The molecule has 1 aliphatic rings. The third-order valence-corrected chi connectivity index (χ3v) is 3.82. The molecular formula is C10H13ClN2OS. The number of aromatic nitrogens is 1. The SMILES string of the molecule is O=C(NC1CCCC1CCl)c1cscn1. The van der Waals surface area contributed by atoms with Gasteiger partial charge in [-0.25, -0.2) is 4.98 Å². The quantitative estimate of drug-likeness (QED) is 0.829. The maximum atomic E-state index is 11.7. The predicted molar refractivity (Wildman–Crippen MR) is 61.4 cm³/mol. The lowest BCUT2D eigenvalue weighted by Gasteiger charge is -2.17. The van der Waals surface area contributed by atoms with Gasteiger partial charge in [-0.1, -0.05) is 6.42 Å². The Bertz CT molecular complexity index is 328. The molecule has 1 aromatic heterocycles. The van der Waals surface area contributed by atoms with E-state index >= 15 is 0 Å². The highest BCUT2D eigenvalue weighted by Crippen LogP contribution is 2.26. The number of carbonyl (C=O) groups is 1. The molecular weight excluding hydrogens is 232 g/mol. The molecule has 82 valence electrons. The molecule has 0 bridgehead atoms. The Morgan fingerprint density at radius 2 is 2.53 bits per heavy atom. The summed E-state index contributed by atoms with van der Waals surface area (Å²) in [5.74, 6) is 0.981. The van der Waals surface area contributed by atoms with Crippen molar-refractivity contribution in [2.75, 3.05) is 5.88 Å². The standard InChI is InChI=1S/C10H13ClN2OS/c11-4-7-2-1-3-8(7)13-10(14)9-5-15-6-12-9/h5-8H,1-4H2,(H,13,14). The van der Waals surface area contributed by atoms with Crippen molar-refractivity contribution in [2.24, 2.45) is 5.92 Å². The molecule has 5 heteroatoms. The number of halogens is 1. The lowest BCUT2D eigenvalue weighted by atomic mass is 10.1. The smallest absolute Gasteiger partial charge is 0.270 e. The number of rotatable bonds is 3. The van der Waals surface area contributed by atoms with Crippen LogP contribution in [0.15, 0.2) is 10.9 Å². The van der Waals surface area contributed by atoms with E-state index in [2.05, 4.69) is 10.3 Å². The predicted octanol–water partition coefficient (Wildman–Crippen LogP) is 2.28. The summed E-state index contributed by atoms with van der Waals surface area (Å²) in [6.07, 6.45) is 3.30. The molecule has 2 unspecified atom stereocenters. The van der Waals surface area contributed by atoms with E-state index < -0.39 is 0 Å². The number of carbonyl (C=O) groups excluding carboxylic acids is 1. The van der Waals surface area contributed by atoms with E-state index in [-0.39, 0.29) is 11.9 Å². The molecule has 1 saturated carbocycles. The number of hydrogen-bond acceptors (Lipinski definition) is 3. The minimum absolute atomic E-state index is 0.0710. The summed E-state index contributed by atoms with van der Waals surface area (Å²) in [7, 11) is 0. The summed E-state index contributed by atoms with van der Waals surface area (Å²) >= 11 is 7.28. The molecule has 15 heavy (non-hydrogen) atoms. The van der Waals surface area contributed by atoms with Crippen molar-refractivity contribution in [3.05, 3.63) is 16.6 Å². The molecule has 0 spiro atoms. The molecule has 0 saturated heterocycles. The van der Waals surface area contributed by atoms with E-state index in [9.17, 15) is 4.79 Å². The maximum absolute atomic E-state index is 11.7. The maximum Gasteiger partial charge on any atom is 0.270 e. The molecule has 2 atom stereocenters. The summed E-state index contributed by atoms with van der Waals surface area (Å²) in [4.78, 5) is 15.7. The number of alkyl halides is 1. The number of amides is 1. The van der Waals surface area contributed by atoms with E-state index in [1.165, 1.54) is 11.3 Å². The molecule has 0 aliphatic heterocycles. The number of thiazole rings is 1. The fourth-order valence-electron chi connectivity index (χ4n) is 1.98. The Balaban J connectivity index is 1.94. The Hall–Kier alpha value is -0.610. The molecule has 1 fully saturated rings. The van der Waals surface area contributed by atoms with Crippen LogP contribution >= 0.6 is 22.9 Å². The fraction of sp³-hybridized carbons (Fsp3) is 0.600. The number of hydrogen-bond donors (Lipinski definition) is 1. The molecule has 0 aromatic carbocycles. The van der Waals surface area contributed by atoms with Gasteiger partial charge in [0.15, 0.2) is 0 Å². The normalized spacial score (nSPS) is 25.4. The van der Waals surface area contributed by atoms with E-state index in [0.717, 1.165) is 19.3 Å². The van der Waals surface area contributed by atoms with Crippen molar-refractivity contribution < 1.29 is 4.79 Å². The third-order valence-electron chi connectivity index (χ3n) is 2.84. The van der Waals surface area contributed by atoms with Crippen LogP contribution in [0, 0.1) is 5.92 Å². The molecule has 2 rings (SSSR count). The highest BCUT2D eigenvalue weighted by Gasteiger charge is 2.28. The van der Waals surface area contributed by atoms with Crippen LogP contribution in [0.2, 0.25) is 0 Å². The van der Waals surface area contributed by atoms with Crippen molar-refractivity contribution in [3.8, 4) is 0 Å². The molecule has 1 aromatic rings. The van der Waals surface area contributed by atoms with Crippen LogP contribution < -0.4 is 5.32 Å². The van der Waals surface area contributed by atoms with Crippen molar-refractivity contribution in [1.29, 1.82) is 0 Å². The summed E-state index contributed by atoms with van der Waals surface area (Å²) < 4.78 is 0. The van der Waals surface area contributed by atoms with E-state index in [1.807, 2.05) is 0 Å². The first-order chi connectivity index (χ1) is 7.31. The second kappa shape index (κ2) is 4.94. The van der Waals surface area contributed by atoms with Crippen LogP contribution in [0.3, 0.4) is 0 Å². The van der Waals surface area contributed by atoms with Gasteiger partial charge in [-0.05, 0) is 18.8 Å². The minimum atomic E-state index is -0.0710. The number of nitrogens with one attached hydrogen (secondary N) is 1. The van der Waals surface area contributed by atoms with Crippen molar-refractivity contribution in [2.45, 2.75) is 25.3 Å². The topological polar surface area (TPSA) is 42.0 Å². The Labute approximate surface area is 97.9 Å². The minimum Gasteiger partial charge on any atom is -0.348 e.